The van der Waals surface area contributed by atoms with Crippen LogP contribution in [0.1, 0.15) is 29.8 Å². The number of nitrogens with zero attached hydrogens (tertiary/aromatic N) is 3. The number of methoxy groups -OCH3 is 1. The van der Waals surface area contributed by atoms with Gasteiger partial charge >= 0.3 is 0 Å². The van der Waals surface area contributed by atoms with Crippen molar-refractivity contribution in [1.82, 2.24) is 14.8 Å². The van der Waals surface area contributed by atoms with E-state index < -0.39 is 0 Å². The van der Waals surface area contributed by atoms with E-state index in [1.54, 1.807) is 25.4 Å². The molecule has 2 saturated heterocycles. The third kappa shape index (κ3) is 2.70. The van der Waals surface area contributed by atoms with Gasteiger partial charge in [-0.1, -0.05) is 6.07 Å². The van der Waals surface area contributed by atoms with Gasteiger partial charge in [-0.25, -0.2) is 0 Å². The first-order chi connectivity index (χ1) is 10.7. The lowest BCUT2D eigenvalue weighted by Gasteiger charge is -2.39. The number of amides is 2. The standard InChI is InChI=1S/C16H21N3O3/c1-22-11-10-18-14-7-9-19(13(14)5-6-15(18)20)16(21)12-4-2-3-8-17-12/h2-4,8,13-14H,5-7,9-11H2,1H3/t13-,14+/m0/s1. The maximum absolute atomic E-state index is 12.6. The molecule has 2 aliphatic heterocycles. The number of aromatic nitrogens is 1. The van der Waals surface area contributed by atoms with Crippen molar-refractivity contribution in [3.05, 3.63) is 30.1 Å². The van der Waals surface area contributed by atoms with Gasteiger partial charge in [0.05, 0.1) is 18.7 Å². The average molecular weight is 303 g/mol. The highest BCUT2D eigenvalue weighted by Gasteiger charge is 2.44. The first kappa shape index (κ1) is 15.0. The Bertz CT molecular complexity index is 549. The van der Waals surface area contributed by atoms with E-state index in [0.29, 0.717) is 31.8 Å². The van der Waals surface area contributed by atoms with E-state index >= 15 is 0 Å². The molecule has 0 N–H and O–H groups in total. The summed E-state index contributed by atoms with van der Waals surface area (Å²) in [6.45, 7) is 1.81. The summed E-state index contributed by atoms with van der Waals surface area (Å²) in [5.41, 5.74) is 0.475. The van der Waals surface area contributed by atoms with Crippen LogP contribution in [0.2, 0.25) is 0 Å². The van der Waals surface area contributed by atoms with Gasteiger partial charge in [0, 0.05) is 32.8 Å². The van der Waals surface area contributed by atoms with Crippen LogP contribution in [0.4, 0.5) is 0 Å². The first-order valence-electron chi connectivity index (χ1n) is 7.73. The molecular formula is C16H21N3O3. The molecule has 0 unspecified atom stereocenters. The summed E-state index contributed by atoms with van der Waals surface area (Å²) in [6, 6.07) is 5.58. The number of ether oxygens (including phenoxy) is 1. The number of carbonyl (C=O) groups excluding carboxylic acids is 2. The van der Waals surface area contributed by atoms with Gasteiger partial charge < -0.3 is 14.5 Å². The highest BCUT2D eigenvalue weighted by Crippen LogP contribution is 2.32. The van der Waals surface area contributed by atoms with Crippen LogP contribution >= 0.6 is 0 Å². The average Bonchev–Trinajstić information content (AvgIpc) is 2.98. The van der Waals surface area contributed by atoms with Crippen molar-refractivity contribution >= 4 is 11.8 Å². The molecule has 2 amide bonds. The molecule has 6 nitrogen and oxygen atoms in total. The minimum Gasteiger partial charge on any atom is -0.383 e. The van der Waals surface area contributed by atoms with Crippen molar-refractivity contribution in [2.24, 2.45) is 0 Å². The topological polar surface area (TPSA) is 62.7 Å². The van der Waals surface area contributed by atoms with Crippen molar-refractivity contribution in [1.29, 1.82) is 0 Å². The molecule has 118 valence electrons. The molecule has 22 heavy (non-hydrogen) atoms. The largest absolute Gasteiger partial charge is 0.383 e. The minimum atomic E-state index is -0.0332. The van der Waals surface area contributed by atoms with E-state index in [2.05, 4.69) is 4.98 Å². The molecule has 3 heterocycles. The SMILES string of the molecule is COCCN1C(=O)CC[C@H]2[C@H]1CCN2C(=O)c1ccccn1. The third-order valence-corrected chi connectivity index (χ3v) is 4.57. The van der Waals surface area contributed by atoms with E-state index in [4.69, 9.17) is 4.74 Å². The molecule has 6 heteroatoms. The first-order valence-corrected chi connectivity index (χ1v) is 7.73. The number of hydrogen-bond donors (Lipinski definition) is 0. The molecule has 1 aromatic heterocycles. The number of hydrogen-bond acceptors (Lipinski definition) is 4. The summed E-state index contributed by atoms with van der Waals surface area (Å²) < 4.78 is 5.10. The summed E-state index contributed by atoms with van der Waals surface area (Å²) in [6.07, 6.45) is 3.71. The molecule has 0 aromatic carbocycles. The quantitative estimate of drug-likeness (QED) is 0.830. The van der Waals surface area contributed by atoms with Gasteiger partial charge in [-0.15, -0.1) is 0 Å². The second-order valence-electron chi connectivity index (χ2n) is 5.76. The summed E-state index contributed by atoms with van der Waals surface area (Å²) in [5, 5.41) is 0. The Morgan fingerprint density at radius 3 is 2.95 bits per heavy atom. The molecule has 0 bridgehead atoms. The third-order valence-electron chi connectivity index (χ3n) is 4.57. The fraction of sp³-hybridized carbons (Fsp3) is 0.562. The Hall–Kier alpha value is -1.95. The van der Waals surface area contributed by atoms with E-state index in [-0.39, 0.29) is 23.9 Å². The number of likely N-dealkylation sites (tertiary alicyclic amines) is 2. The van der Waals surface area contributed by atoms with Gasteiger partial charge in [-0.2, -0.15) is 0 Å². The number of carbonyl (C=O) groups is 2. The Morgan fingerprint density at radius 1 is 1.36 bits per heavy atom. The van der Waals surface area contributed by atoms with Crippen LogP contribution < -0.4 is 0 Å². The zero-order valence-electron chi connectivity index (χ0n) is 12.8. The number of rotatable bonds is 4. The normalized spacial score (nSPS) is 24.5. The zero-order chi connectivity index (χ0) is 15.5. The van der Waals surface area contributed by atoms with Crippen LogP contribution in [0, 0.1) is 0 Å². The van der Waals surface area contributed by atoms with E-state index in [1.165, 1.54) is 0 Å². The predicted octanol–water partition coefficient (Wildman–Crippen LogP) is 0.933. The Labute approximate surface area is 130 Å². The number of fused-ring (bicyclic) bond motifs is 1. The molecule has 0 radical (unpaired) electrons. The van der Waals surface area contributed by atoms with Crippen molar-refractivity contribution in [2.75, 3.05) is 26.8 Å². The number of piperidine rings is 1. The molecule has 2 atom stereocenters. The highest BCUT2D eigenvalue weighted by molar-refractivity contribution is 5.93. The van der Waals surface area contributed by atoms with Crippen LogP contribution in [0.5, 0.6) is 0 Å². The van der Waals surface area contributed by atoms with Crippen molar-refractivity contribution < 1.29 is 14.3 Å². The Kier molecular flexibility index (Phi) is 4.38. The summed E-state index contributed by atoms with van der Waals surface area (Å²) in [7, 11) is 1.64. The molecular weight excluding hydrogens is 282 g/mol. The minimum absolute atomic E-state index is 0.0332. The molecule has 3 rings (SSSR count). The van der Waals surface area contributed by atoms with Crippen LogP contribution in [0.3, 0.4) is 0 Å². The van der Waals surface area contributed by atoms with Crippen LogP contribution in [0.25, 0.3) is 0 Å². The van der Waals surface area contributed by atoms with E-state index in [9.17, 15) is 9.59 Å². The molecule has 0 spiro atoms. The van der Waals surface area contributed by atoms with E-state index in [0.717, 1.165) is 12.8 Å². The van der Waals surface area contributed by atoms with Gasteiger partial charge in [0.2, 0.25) is 5.91 Å². The van der Waals surface area contributed by atoms with Gasteiger partial charge in [0.25, 0.3) is 5.91 Å². The molecule has 2 fully saturated rings. The van der Waals surface area contributed by atoms with Crippen LogP contribution in [-0.2, 0) is 9.53 Å². The number of pyridine rings is 1. The van der Waals surface area contributed by atoms with Gasteiger partial charge in [0.15, 0.2) is 0 Å². The van der Waals surface area contributed by atoms with E-state index in [1.807, 2.05) is 15.9 Å². The lowest BCUT2D eigenvalue weighted by molar-refractivity contribution is -0.138. The fourth-order valence-corrected chi connectivity index (χ4v) is 3.52. The lowest BCUT2D eigenvalue weighted by atomic mass is 9.96. The maximum Gasteiger partial charge on any atom is 0.272 e. The summed E-state index contributed by atoms with van der Waals surface area (Å²) in [5.74, 6) is 0.138. The smallest absolute Gasteiger partial charge is 0.272 e. The Balaban J connectivity index is 1.75. The predicted molar refractivity (Wildman–Crippen MR) is 80.3 cm³/mol. The summed E-state index contributed by atoms with van der Waals surface area (Å²) in [4.78, 5) is 32.7. The molecule has 1 aromatic rings. The fourth-order valence-electron chi connectivity index (χ4n) is 3.52. The monoisotopic (exact) mass is 303 g/mol. The second kappa shape index (κ2) is 6.44. The molecule has 2 aliphatic rings. The van der Waals surface area contributed by atoms with Crippen molar-refractivity contribution in [3.63, 3.8) is 0 Å². The van der Waals surface area contributed by atoms with Crippen LogP contribution in [-0.4, -0.2) is 65.5 Å². The lowest BCUT2D eigenvalue weighted by Crippen LogP contribution is -2.54. The van der Waals surface area contributed by atoms with Gasteiger partial charge in [-0.3, -0.25) is 14.6 Å². The van der Waals surface area contributed by atoms with Gasteiger partial charge in [0.1, 0.15) is 5.69 Å². The zero-order valence-corrected chi connectivity index (χ0v) is 12.8. The van der Waals surface area contributed by atoms with Crippen molar-refractivity contribution in [2.45, 2.75) is 31.3 Å². The van der Waals surface area contributed by atoms with Gasteiger partial charge in [-0.05, 0) is 25.0 Å². The molecule has 0 saturated carbocycles. The second-order valence-corrected chi connectivity index (χ2v) is 5.76. The Morgan fingerprint density at radius 2 is 2.23 bits per heavy atom. The maximum atomic E-state index is 12.6. The van der Waals surface area contributed by atoms with Crippen LogP contribution in [0.15, 0.2) is 24.4 Å². The summed E-state index contributed by atoms with van der Waals surface area (Å²) >= 11 is 0. The molecule has 0 aliphatic carbocycles. The highest BCUT2D eigenvalue weighted by atomic mass is 16.5. The van der Waals surface area contributed by atoms with Crippen molar-refractivity contribution in [3.8, 4) is 0 Å².